The first-order valence-electron chi connectivity index (χ1n) is 15.0. The zero-order valence-corrected chi connectivity index (χ0v) is 24.2. The molecule has 0 radical (unpaired) electrons. The Morgan fingerprint density at radius 2 is 1.91 bits per heavy atom. The number of aliphatic hydroxyl groups is 1. The highest BCUT2D eigenvalue weighted by molar-refractivity contribution is 5.93. The number of nitrogens with zero attached hydrogens (tertiary/aromatic N) is 3. The number of fused-ring (bicyclic) bond motifs is 4. The summed E-state index contributed by atoms with van der Waals surface area (Å²) in [4.78, 5) is 20.5. The van der Waals surface area contributed by atoms with Crippen molar-refractivity contribution in [3.05, 3.63) is 76.5 Å². The summed E-state index contributed by atoms with van der Waals surface area (Å²) in [5.74, 6) is 2.26. The van der Waals surface area contributed by atoms with Gasteiger partial charge in [0.05, 0.1) is 11.6 Å². The van der Waals surface area contributed by atoms with Crippen LogP contribution in [0.25, 0.3) is 0 Å². The van der Waals surface area contributed by atoms with Gasteiger partial charge in [0.15, 0.2) is 0 Å². The summed E-state index contributed by atoms with van der Waals surface area (Å²) in [6.45, 7) is 6.79. The van der Waals surface area contributed by atoms with E-state index >= 15 is 0 Å². The van der Waals surface area contributed by atoms with Crippen molar-refractivity contribution in [1.29, 1.82) is 0 Å². The van der Waals surface area contributed by atoms with Gasteiger partial charge in [0.2, 0.25) is 5.91 Å². The van der Waals surface area contributed by atoms with Crippen molar-refractivity contribution >= 4 is 11.7 Å². The van der Waals surface area contributed by atoms with Gasteiger partial charge < -0.3 is 24.8 Å². The molecule has 7 rings (SSSR count). The van der Waals surface area contributed by atoms with Crippen LogP contribution < -0.4 is 20.1 Å². The molecule has 1 unspecified atom stereocenters. The predicted molar refractivity (Wildman–Crippen MR) is 156 cm³/mol. The number of amides is 1. The zero-order valence-electron chi connectivity index (χ0n) is 24.2. The Balaban J connectivity index is 1.05. The summed E-state index contributed by atoms with van der Waals surface area (Å²) in [6, 6.07) is 10.9. The van der Waals surface area contributed by atoms with Crippen LogP contribution in [0.1, 0.15) is 53.3 Å². The first kappa shape index (κ1) is 29.0. The Bertz CT molecular complexity index is 1580. The van der Waals surface area contributed by atoms with Crippen LogP contribution in [0.5, 0.6) is 17.2 Å². The molecule has 1 saturated heterocycles. The number of ether oxygens (including phenoxy) is 2. The van der Waals surface area contributed by atoms with Crippen molar-refractivity contribution in [2.24, 2.45) is 0 Å². The SMILES string of the molecule is CCN1CCN(Cc2cc(C(O)N[C@@H]3[C@H]4Oc5ccc(Oc6ccnc7c6CCC(=O)N7)cc5[C@@H]34)cc(C(F)(F)F)c2)CC1. The van der Waals surface area contributed by atoms with Crippen LogP contribution >= 0.6 is 0 Å². The second-order valence-corrected chi connectivity index (χ2v) is 11.9. The normalized spacial score (nSPS) is 23.7. The molecule has 3 aliphatic heterocycles. The standard InChI is InChI=1S/C32H34F3N5O4/c1-2-39-9-11-40(12-10-39)17-18-13-19(15-20(14-18)32(33,34)35)31(42)38-28-27-23-16-21(3-5-24(23)44-29(27)28)43-25-7-8-36-30-22(25)4-6-26(41)37-30/h3,5,7-8,13-16,27-29,31,38,42H,2,4,6,9-12,17H2,1H3,(H,36,37,41)/t27-,28-,29-,31?/m0/s1. The van der Waals surface area contributed by atoms with Crippen molar-refractivity contribution in [3.63, 3.8) is 0 Å². The lowest BCUT2D eigenvalue weighted by Gasteiger charge is -2.34. The second kappa shape index (κ2) is 11.3. The molecule has 4 atom stereocenters. The summed E-state index contributed by atoms with van der Waals surface area (Å²) < 4.78 is 53.8. The third kappa shape index (κ3) is 5.74. The number of halogens is 3. The van der Waals surface area contributed by atoms with Gasteiger partial charge in [-0.3, -0.25) is 15.0 Å². The smallest absolute Gasteiger partial charge is 0.416 e. The zero-order chi connectivity index (χ0) is 30.6. The van der Waals surface area contributed by atoms with Crippen LogP contribution in [0, 0.1) is 0 Å². The number of aromatic nitrogens is 1. The van der Waals surface area contributed by atoms with Crippen LogP contribution in [0.3, 0.4) is 0 Å². The molecule has 44 heavy (non-hydrogen) atoms. The number of piperazine rings is 1. The lowest BCUT2D eigenvalue weighted by Crippen LogP contribution is -2.45. The molecule has 2 fully saturated rings. The minimum absolute atomic E-state index is 0.0750. The van der Waals surface area contributed by atoms with E-state index in [1.807, 2.05) is 12.1 Å². The van der Waals surface area contributed by atoms with Crippen LogP contribution in [-0.4, -0.2) is 70.7 Å². The van der Waals surface area contributed by atoms with Crippen LogP contribution in [0.4, 0.5) is 19.0 Å². The van der Waals surface area contributed by atoms with Crippen molar-refractivity contribution < 1.29 is 32.5 Å². The van der Waals surface area contributed by atoms with Crippen molar-refractivity contribution in [1.82, 2.24) is 20.1 Å². The molecule has 0 spiro atoms. The lowest BCUT2D eigenvalue weighted by atomic mass is 10.0. The van der Waals surface area contributed by atoms with E-state index in [0.717, 1.165) is 49.9 Å². The maximum absolute atomic E-state index is 13.8. The number of hydrogen-bond acceptors (Lipinski definition) is 8. The molecule has 3 aromatic rings. The first-order valence-corrected chi connectivity index (χ1v) is 15.0. The summed E-state index contributed by atoms with van der Waals surface area (Å²) in [5, 5.41) is 17.0. The number of carbonyl (C=O) groups excluding carboxylic acids is 1. The average molecular weight is 610 g/mol. The quantitative estimate of drug-likeness (QED) is 0.323. The van der Waals surface area contributed by atoms with E-state index in [1.165, 1.54) is 6.07 Å². The first-order chi connectivity index (χ1) is 21.2. The third-order valence-corrected chi connectivity index (χ3v) is 8.98. The molecule has 2 aromatic carbocycles. The monoisotopic (exact) mass is 609 g/mol. The molecule has 12 heteroatoms. The molecule has 232 valence electrons. The summed E-state index contributed by atoms with van der Waals surface area (Å²) in [5.41, 5.74) is 1.68. The molecule has 1 amide bonds. The van der Waals surface area contributed by atoms with Gasteiger partial charge >= 0.3 is 6.18 Å². The van der Waals surface area contributed by atoms with Gasteiger partial charge in [-0.25, -0.2) is 4.98 Å². The van der Waals surface area contributed by atoms with Gasteiger partial charge in [-0.15, -0.1) is 0 Å². The number of nitrogens with one attached hydrogen (secondary N) is 2. The third-order valence-electron chi connectivity index (χ3n) is 8.98. The number of anilines is 1. The van der Waals surface area contributed by atoms with E-state index in [0.29, 0.717) is 48.0 Å². The summed E-state index contributed by atoms with van der Waals surface area (Å²) in [6.07, 6.45) is -3.59. The number of rotatable bonds is 8. The Morgan fingerprint density at radius 3 is 2.68 bits per heavy atom. The highest BCUT2D eigenvalue weighted by Gasteiger charge is 2.59. The van der Waals surface area contributed by atoms with Crippen molar-refractivity contribution in [2.75, 3.05) is 38.0 Å². The van der Waals surface area contributed by atoms with Gasteiger partial charge in [0.1, 0.15) is 35.4 Å². The highest BCUT2D eigenvalue weighted by Crippen LogP contribution is 2.55. The van der Waals surface area contributed by atoms with Gasteiger partial charge in [-0.05, 0) is 60.5 Å². The second-order valence-electron chi connectivity index (χ2n) is 11.9. The van der Waals surface area contributed by atoms with Crippen LogP contribution in [0.15, 0.2) is 48.7 Å². The molecule has 4 heterocycles. The lowest BCUT2D eigenvalue weighted by molar-refractivity contribution is -0.137. The van der Waals surface area contributed by atoms with Crippen LogP contribution in [0.2, 0.25) is 0 Å². The van der Waals surface area contributed by atoms with Crippen molar-refractivity contribution in [2.45, 2.75) is 56.8 Å². The molecular weight excluding hydrogens is 575 g/mol. The topological polar surface area (TPSA) is 99.2 Å². The molecule has 1 aromatic heterocycles. The Morgan fingerprint density at radius 1 is 1.11 bits per heavy atom. The molecule has 3 N–H and O–H groups in total. The maximum atomic E-state index is 13.8. The fraction of sp³-hybridized carbons (Fsp3) is 0.438. The molecule has 0 bridgehead atoms. The maximum Gasteiger partial charge on any atom is 0.416 e. The number of hydrogen-bond donors (Lipinski definition) is 3. The predicted octanol–water partition coefficient (Wildman–Crippen LogP) is 4.42. The molecule has 1 aliphatic carbocycles. The highest BCUT2D eigenvalue weighted by atomic mass is 19.4. The van der Waals surface area contributed by atoms with Crippen molar-refractivity contribution in [3.8, 4) is 17.2 Å². The Hall–Kier alpha value is -3.71. The summed E-state index contributed by atoms with van der Waals surface area (Å²) in [7, 11) is 0. The van der Waals surface area contributed by atoms with Gasteiger partial charge in [0, 0.05) is 62.4 Å². The Labute approximate surface area is 253 Å². The number of benzene rings is 2. The largest absolute Gasteiger partial charge is 0.488 e. The number of aliphatic hydroxyl groups excluding tert-OH is 1. The Kier molecular flexibility index (Phi) is 7.48. The average Bonchev–Trinajstić information content (AvgIpc) is 3.52. The minimum Gasteiger partial charge on any atom is -0.488 e. The summed E-state index contributed by atoms with van der Waals surface area (Å²) >= 11 is 0. The van der Waals surface area contributed by atoms with E-state index in [9.17, 15) is 23.1 Å². The number of carbonyl (C=O) groups is 1. The van der Waals surface area contributed by atoms with E-state index in [1.54, 1.807) is 24.4 Å². The fourth-order valence-corrected chi connectivity index (χ4v) is 6.51. The van der Waals surface area contributed by atoms with Gasteiger partial charge in [0.25, 0.3) is 0 Å². The number of pyridine rings is 1. The molecule has 9 nitrogen and oxygen atoms in total. The van der Waals surface area contributed by atoms with E-state index in [4.69, 9.17) is 9.47 Å². The van der Waals surface area contributed by atoms with E-state index in [2.05, 4.69) is 32.3 Å². The molecule has 4 aliphatic rings. The number of alkyl halides is 3. The van der Waals surface area contributed by atoms with Gasteiger partial charge in [-0.2, -0.15) is 13.2 Å². The van der Waals surface area contributed by atoms with Crippen LogP contribution in [-0.2, 0) is 23.9 Å². The fourth-order valence-electron chi connectivity index (χ4n) is 6.51. The molecule has 1 saturated carbocycles. The minimum atomic E-state index is -4.53. The number of likely N-dealkylation sites (N-methyl/N-ethyl adjacent to an activating group) is 1. The molecular formula is C32H34F3N5O4. The van der Waals surface area contributed by atoms with E-state index in [-0.39, 0.29) is 29.5 Å². The van der Waals surface area contributed by atoms with Gasteiger partial charge in [-0.1, -0.05) is 13.0 Å². The van der Waals surface area contributed by atoms with E-state index < -0.39 is 18.0 Å².